The van der Waals surface area contributed by atoms with E-state index in [4.69, 9.17) is 14.7 Å². The number of rotatable bonds is 7. The number of carbonyl (C=O) groups excluding carboxylic acids is 1. The zero-order valence-corrected chi connectivity index (χ0v) is 18.3. The number of thiazole rings is 1. The number of hydrogen-bond acceptors (Lipinski definition) is 7. The van der Waals surface area contributed by atoms with E-state index in [1.807, 2.05) is 18.2 Å². The molecule has 9 heteroatoms. The van der Waals surface area contributed by atoms with E-state index < -0.39 is 0 Å². The molecule has 3 aromatic rings. The standard InChI is InChI=1S/C21H28N6O2S/c1-16(28)27(12-13-29-2)21-22-17(15-30-21)14-25-8-5-9-26(11-10-25)20-23-18-6-3-4-7-19(18)24-20/h3-4,6-7,15H,5,8-14H2,1-2H3,(H,23,24). The van der Waals surface area contributed by atoms with Crippen LogP contribution in [0.4, 0.5) is 11.1 Å². The number of nitrogens with zero attached hydrogens (tertiary/aromatic N) is 5. The minimum atomic E-state index is -0.0100. The van der Waals surface area contributed by atoms with E-state index in [-0.39, 0.29) is 5.91 Å². The van der Waals surface area contributed by atoms with Crippen LogP contribution in [0, 0.1) is 0 Å². The van der Waals surface area contributed by atoms with E-state index >= 15 is 0 Å². The first-order valence-corrected chi connectivity index (χ1v) is 11.2. The summed E-state index contributed by atoms with van der Waals surface area (Å²) in [5.74, 6) is 0.938. The molecule has 0 atom stereocenters. The second-order valence-electron chi connectivity index (χ2n) is 7.48. The predicted octanol–water partition coefficient (Wildman–Crippen LogP) is 2.73. The Kier molecular flexibility index (Phi) is 6.61. The molecule has 30 heavy (non-hydrogen) atoms. The van der Waals surface area contributed by atoms with Crippen LogP contribution in [0.3, 0.4) is 0 Å². The molecule has 0 unspecified atom stereocenters. The van der Waals surface area contributed by atoms with Gasteiger partial charge in [-0.15, -0.1) is 11.3 Å². The number of nitrogens with one attached hydrogen (secondary N) is 1. The van der Waals surface area contributed by atoms with Gasteiger partial charge in [-0.05, 0) is 18.6 Å². The van der Waals surface area contributed by atoms with Crippen molar-refractivity contribution in [3.8, 4) is 0 Å². The van der Waals surface area contributed by atoms with Gasteiger partial charge in [-0.1, -0.05) is 12.1 Å². The maximum absolute atomic E-state index is 11.9. The summed E-state index contributed by atoms with van der Waals surface area (Å²) >= 11 is 1.52. The molecular formula is C21H28N6O2S. The zero-order valence-electron chi connectivity index (χ0n) is 17.5. The number of carbonyl (C=O) groups is 1. The number of aromatic nitrogens is 3. The second-order valence-corrected chi connectivity index (χ2v) is 8.32. The molecule has 0 saturated carbocycles. The Morgan fingerprint density at radius 3 is 2.90 bits per heavy atom. The van der Waals surface area contributed by atoms with Crippen LogP contribution in [-0.4, -0.2) is 72.2 Å². The molecule has 160 valence electrons. The van der Waals surface area contributed by atoms with E-state index in [1.54, 1.807) is 18.9 Å². The number of anilines is 2. The van der Waals surface area contributed by atoms with Gasteiger partial charge in [0.15, 0.2) is 5.13 Å². The molecule has 0 aliphatic carbocycles. The highest BCUT2D eigenvalue weighted by Crippen LogP contribution is 2.23. The van der Waals surface area contributed by atoms with Gasteiger partial charge < -0.3 is 14.6 Å². The molecule has 0 bridgehead atoms. The van der Waals surface area contributed by atoms with Gasteiger partial charge >= 0.3 is 0 Å². The average molecular weight is 429 g/mol. The summed E-state index contributed by atoms with van der Waals surface area (Å²) in [7, 11) is 1.64. The smallest absolute Gasteiger partial charge is 0.225 e. The third-order valence-electron chi connectivity index (χ3n) is 5.32. The van der Waals surface area contributed by atoms with Crippen LogP contribution in [-0.2, 0) is 16.1 Å². The minimum absolute atomic E-state index is 0.0100. The minimum Gasteiger partial charge on any atom is -0.383 e. The van der Waals surface area contributed by atoms with Crippen LogP contribution < -0.4 is 9.80 Å². The Hall–Kier alpha value is -2.49. The maximum Gasteiger partial charge on any atom is 0.225 e. The normalized spacial score (nSPS) is 15.5. The molecule has 1 aromatic carbocycles. The number of hydrogen-bond donors (Lipinski definition) is 1. The fourth-order valence-corrected chi connectivity index (χ4v) is 4.61. The SMILES string of the molecule is COCCN(C(C)=O)c1nc(CN2CCCN(c3nc4ccccc4[nH]3)CC2)cs1. The van der Waals surface area contributed by atoms with Gasteiger partial charge in [0.2, 0.25) is 11.9 Å². The van der Waals surface area contributed by atoms with E-state index in [9.17, 15) is 4.79 Å². The molecule has 2 aromatic heterocycles. The second kappa shape index (κ2) is 9.55. The van der Waals surface area contributed by atoms with Crippen molar-refractivity contribution in [1.29, 1.82) is 0 Å². The van der Waals surface area contributed by atoms with Crippen molar-refractivity contribution in [2.24, 2.45) is 0 Å². The first kappa shape index (κ1) is 20.8. The Morgan fingerprint density at radius 2 is 2.10 bits per heavy atom. The van der Waals surface area contributed by atoms with Gasteiger partial charge in [0.25, 0.3) is 0 Å². The van der Waals surface area contributed by atoms with Crippen LogP contribution in [0.25, 0.3) is 11.0 Å². The number of methoxy groups -OCH3 is 1. The highest BCUT2D eigenvalue weighted by atomic mass is 32.1. The number of amides is 1. The lowest BCUT2D eigenvalue weighted by Gasteiger charge is -2.21. The maximum atomic E-state index is 11.9. The van der Waals surface area contributed by atoms with Crippen molar-refractivity contribution < 1.29 is 9.53 Å². The number of benzene rings is 1. The molecule has 0 radical (unpaired) electrons. The molecule has 1 aliphatic heterocycles. The summed E-state index contributed by atoms with van der Waals surface area (Å²) in [4.78, 5) is 31.3. The number of fused-ring (bicyclic) bond motifs is 1. The first-order chi connectivity index (χ1) is 14.6. The molecule has 1 aliphatic rings. The van der Waals surface area contributed by atoms with Crippen LogP contribution in [0.5, 0.6) is 0 Å². The number of para-hydroxylation sites is 2. The predicted molar refractivity (Wildman–Crippen MR) is 120 cm³/mol. The number of imidazole rings is 1. The molecule has 1 N–H and O–H groups in total. The van der Waals surface area contributed by atoms with Gasteiger partial charge in [0.05, 0.1) is 29.9 Å². The van der Waals surface area contributed by atoms with Gasteiger partial charge in [0.1, 0.15) is 0 Å². The summed E-state index contributed by atoms with van der Waals surface area (Å²) < 4.78 is 5.11. The quantitative estimate of drug-likeness (QED) is 0.624. The van der Waals surface area contributed by atoms with Crippen LogP contribution >= 0.6 is 11.3 Å². The lowest BCUT2D eigenvalue weighted by molar-refractivity contribution is -0.116. The Labute approximate surface area is 180 Å². The molecule has 3 heterocycles. The number of aromatic amines is 1. The van der Waals surface area contributed by atoms with Gasteiger partial charge in [-0.3, -0.25) is 14.6 Å². The van der Waals surface area contributed by atoms with Crippen LogP contribution in [0.15, 0.2) is 29.6 Å². The Bertz CT molecular complexity index is 954. The van der Waals surface area contributed by atoms with Crippen molar-refractivity contribution in [2.45, 2.75) is 19.9 Å². The lowest BCUT2D eigenvalue weighted by atomic mass is 10.3. The van der Waals surface area contributed by atoms with Gasteiger partial charge in [-0.2, -0.15) is 0 Å². The molecule has 8 nitrogen and oxygen atoms in total. The van der Waals surface area contributed by atoms with E-state index in [0.29, 0.717) is 13.2 Å². The van der Waals surface area contributed by atoms with Crippen LogP contribution in [0.1, 0.15) is 19.0 Å². The summed E-state index contributed by atoms with van der Waals surface area (Å²) in [6, 6.07) is 8.14. The Morgan fingerprint density at radius 1 is 1.23 bits per heavy atom. The van der Waals surface area contributed by atoms with Crippen molar-refractivity contribution in [3.63, 3.8) is 0 Å². The molecule has 0 spiro atoms. The summed E-state index contributed by atoms with van der Waals surface area (Å²) in [6.07, 6.45) is 1.07. The fraction of sp³-hybridized carbons (Fsp3) is 0.476. The van der Waals surface area contributed by atoms with Crippen molar-refractivity contribution >= 4 is 39.4 Å². The third kappa shape index (κ3) is 4.80. The highest BCUT2D eigenvalue weighted by molar-refractivity contribution is 7.14. The Balaban J connectivity index is 1.37. The van der Waals surface area contributed by atoms with Crippen molar-refractivity contribution in [3.05, 3.63) is 35.3 Å². The topological polar surface area (TPSA) is 77.6 Å². The van der Waals surface area contributed by atoms with E-state index in [2.05, 4.69) is 26.2 Å². The zero-order chi connectivity index (χ0) is 20.9. The van der Waals surface area contributed by atoms with Crippen molar-refractivity contribution in [2.75, 3.05) is 56.2 Å². The van der Waals surface area contributed by atoms with Crippen LogP contribution in [0.2, 0.25) is 0 Å². The summed E-state index contributed by atoms with van der Waals surface area (Å²) in [5.41, 5.74) is 3.09. The highest BCUT2D eigenvalue weighted by Gasteiger charge is 2.20. The van der Waals surface area contributed by atoms with Crippen molar-refractivity contribution in [1.82, 2.24) is 19.9 Å². The molecule has 1 saturated heterocycles. The molecule has 1 fully saturated rings. The van der Waals surface area contributed by atoms with Gasteiger partial charge in [-0.25, -0.2) is 9.97 Å². The van der Waals surface area contributed by atoms with E-state index in [1.165, 1.54) is 11.3 Å². The number of ether oxygens (including phenoxy) is 1. The van der Waals surface area contributed by atoms with E-state index in [0.717, 1.165) is 67.0 Å². The third-order valence-corrected chi connectivity index (χ3v) is 6.23. The first-order valence-electron chi connectivity index (χ1n) is 10.3. The summed E-state index contributed by atoms with van der Waals surface area (Å²) in [6.45, 7) is 7.25. The fourth-order valence-electron chi connectivity index (χ4n) is 3.72. The number of H-pyrrole nitrogens is 1. The lowest BCUT2D eigenvalue weighted by Crippen LogP contribution is -2.32. The monoisotopic (exact) mass is 428 g/mol. The molecule has 1 amide bonds. The molecular weight excluding hydrogens is 400 g/mol. The largest absolute Gasteiger partial charge is 0.383 e. The summed E-state index contributed by atoms with van der Waals surface area (Å²) in [5, 5.41) is 2.80. The molecule has 4 rings (SSSR count). The van der Waals surface area contributed by atoms with Gasteiger partial charge in [0, 0.05) is 52.1 Å². The average Bonchev–Trinajstić information content (AvgIpc) is 3.30.